The van der Waals surface area contributed by atoms with Crippen LogP contribution >= 0.6 is 0 Å². The first-order valence-corrected chi connectivity index (χ1v) is 8.98. The van der Waals surface area contributed by atoms with Crippen molar-refractivity contribution in [3.05, 3.63) is 41.3 Å². The van der Waals surface area contributed by atoms with Gasteiger partial charge in [0.1, 0.15) is 16.3 Å². The van der Waals surface area contributed by atoms with Gasteiger partial charge in [-0.3, -0.25) is 0 Å². The second kappa shape index (κ2) is 5.98. The number of hydrogen-bond acceptors (Lipinski definition) is 5. The molecule has 0 saturated carbocycles. The molecule has 1 aliphatic heterocycles. The van der Waals surface area contributed by atoms with Crippen LogP contribution in [-0.4, -0.2) is 31.5 Å². The van der Waals surface area contributed by atoms with Crippen LogP contribution in [0.2, 0.25) is 0 Å². The van der Waals surface area contributed by atoms with Gasteiger partial charge in [-0.2, -0.15) is 4.31 Å². The largest absolute Gasteiger partial charge is 0.497 e. The lowest BCUT2D eigenvalue weighted by atomic mass is 10.1. The van der Waals surface area contributed by atoms with Gasteiger partial charge in [-0.1, -0.05) is 17.3 Å². The predicted molar refractivity (Wildman–Crippen MR) is 84.8 cm³/mol. The van der Waals surface area contributed by atoms with Crippen molar-refractivity contribution in [1.29, 1.82) is 0 Å². The van der Waals surface area contributed by atoms with Gasteiger partial charge in [-0.25, -0.2) is 8.42 Å². The number of benzene rings is 1. The van der Waals surface area contributed by atoms with E-state index in [4.69, 9.17) is 9.26 Å². The highest BCUT2D eigenvalue weighted by Crippen LogP contribution is 2.38. The molecule has 0 aliphatic carbocycles. The summed E-state index contributed by atoms with van der Waals surface area (Å²) < 4.78 is 37.9. The van der Waals surface area contributed by atoms with Crippen LogP contribution in [0.3, 0.4) is 0 Å². The van der Waals surface area contributed by atoms with Crippen molar-refractivity contribution in [2.45, 2.75) is 37.6 Å². The first kappa shape index (κ1) is 16.0. The molecule has 7 heteroatoms. The molecule has 1 unspecified atom stereocenters. The van der Waals surface area contributed by atoms with Crippen LogP contribution in [0.5, 0.6) is 5.75 Å². The number of sulfonamides is 1. The van der Waals surface area contributed by atoms with Gasteiger partial charge in [0, 0.05) is 6.54 Å². The summed E-state index contributed by atoms with van der Waals surface area (Å²) in [5.41, 5.74) is 1.38. The Morgan fingerprint density at radius 2 is 1.96 bits per heavy atom. The van der Waals surface area contributed by atoms with E-state index in [1.54, 1.807) is 25.3 Å². The number of aromatic nitrogens is 1. The number of ether oxygens (including phenoxy) is 1. The molecule has 0 amide bonds. The standard InChI is InChI=1S/C16H20N2O4S/c1-11-16(12(2)22-17-11)23(19,20)18-10-4-5-15(18)13-6-8-14(21-3)9-7-13/h6-9,15H,4-5,10H2,1-3H3. The molecule has 1 atom stereocenters. The van der Waals surface area contributed by atoms with Gasteiger partial charge < -0.3 is 9.26 Å². The van der Waals surface area contributed by atoms with Crippen molar-refractivity contribution in [3.63, 3.8) is 0 Å². The summed E-state index contributed by atoms with van der Waals surface area (Å²) >= 11 is 0. The van der Waals surface area contributed by atoms with E-state index in [0.29, 0.717) is 18.0 Å². The maximum Gasteiger partial charge on any atom is 0.249 e. The molecule has 1 aromatic heterocycles. The fourth-order valence-electron chi connectivity index (χ4n) is 3.15. The first-order chi connectivity index (χ1) is 10.9. The van der Waals surface area contributed by atoms with Crippen LogP contribution in [0.1, 0.15) is 35.9 Å². The SMILES string of the molecule is COc1ccc(C2CCCN2S(=O)(=O)c2c(C)noc2C)cc1. The van der Waals surface area contributed by atoms with E-state index in [0.717, 1.165) is 24.2 Å². The molecule has 0 N–H and O–H groups in total. The zero-order chi connectivity index (χ0) is 16.6. The average Bonchev–Trinajstić information content (AvgIpc) is 3.15. The molecule has 0 radical (unpaired) electrons. The van der Waals surface area contributed by atoms with E-state index in [1.807, 2.05) is 24.3 Å². The molecule has 124 valence electrons. The number of methoxy groups -OCH3 is 1. The Morgan fingerprint density at radius 1 is 1.26 bits per heavy atom. The van der Waals surface area contributed by atoms with Crippen LogP contribution < -0.4 is 4.74 Å². The number of nitrogens with zero attached hydrogens (tertiary/aromatic N) is 2. The Balaban J connectivity index is 1.97. The Morgan fingerprint density at radius 3 is 2.52 bits per heavy atom. The summed E-state index contributed by atoms with van der Waals surface area (Å²) in [6.07, 6.45) is 1.63. The van der Waals surface area contributed by atoms with Crippen molar-refractivity contribution in [1.82, 2.24) is 9.46 Å². The third-order valence-electron chi connectivity index (χ3n) is 4.24. The lowest BCUT2D eigenvalue weighted by Crippen LogP contribution is -2.31. The van der Waals surface area contributed by atoms with E-state index in [1.165, 1.54) is 0 Å². The molecule has 0 spiro atoms. The minimum atomic E-state index is -3.62. The summed E-state index contributed by atoms with van der Waals surface area (Å²) in [6, 6.07) is 7.39. The van der Waals surface area contributed by atoms with Crippen molar-refractivity contribution in [2.75, 3.05) is 13.7 Å². The number of aryl methyl sites for hydroxylation is 2. The molecule has 1 aliphatic rings. The Hall–Kier alpha value is -1.86. The second-order valence-corrected chi connectivity index (χ2v) is 7.53. The molecule has 2 aromatic rings. The quantitative estimate of drug-likeness (QED) is 0.858. The molecular formula is C16H20N2O4S. The normalized spacial score (nSPS) is 19.2. The summed E-state index contributed by atoms with van der Waals surface area (Å²) in [7, 11) is -2.01. The van der Waals surface area contributed by atoms with E-state index in [-0.39, 0.29) is 10.9 Å². The lowest BCUT2D eigenvalue weighted by molar-refractivity contribution is 0.383. The molecule has 1 fully saturated rings. The minimum absolute atomic E-state index is 0.167. The summed E-state index contributed by atoms with van der Waals surface area (Å²) in [5.74, 6) is 1.09. The van der Waals surface area contributed by atoms with Crippen LogP contribution in [0.15, 0.2) is 33.7 Å². The minimum Gasteiger partial charge on any atom is -0.497 e. The van der Waals surface area contributed by atoms with Crippen LogP contribution in [0.4, 0.5) is 0 Å². The topological polar surface area (TPSA) is 72.6 Å². The van der Waals surface area contributed by atoms with Crippen LogP contribution in [-0.2, 0) is 10.0 Å². The van der Waals surface area contributed by atoms with E-state index < -0.39 is 10.0 Å². The third kappa shape index (κ3) is 2.74. The molecule has 23 heavy (non-hydrogen) atoms. The average molecular weight is 336 g/mol. The summed E-state index contributed by atoms with van der Waals surface area (Å²) in [5, 5.41) is 3.78. The van der Waals surface area contributed by atoms with E-state index in [9.17, 15) is 8.42 Å². The van der Waals surface area contributed by atoms with Crippen molar-refractivity contribution >= 4 is 10.0 Å². The summed E-state index contributed by atoms with van der Waals surface area (Å²) in [4.78, 5) is 0.193. The van der Waals surface area contributed by atoms with Crippen LogP contribution in [0, 0.1) is 13.8 Å². The maximum atomic E-state index is 13.0. The Bertz CT molecular complexity index is 776. The summed E-state index contributed by atoms with van der Waals surface area (Å²) in [6.45, 7) is 3.79. The molecular weight excluding hydrogens is 316 g/mol. The van der Waals surface area contributed by atoms with Gasteiger partial charge in [0.15, 0.2) is 5.76 Å². The Kier molecular flexibility index (Phi) is 4.16. The maximum absolute atomic E-state index is 13.0. The highest BCUT2D eigenvalue weighted by Gasteiger charge is 2.39. The number of hydrogen-bond donors (Lipinski definition) is 0. The highest BCUT2D eigenvalue weighted by atomic mass is 32.2. The van der Waals surface area contributed by atoms with Crippen LogP contribution in [0.25, 0.3) is 0 Å². The molecule has 3 rings (SSSR count). The monoisotopic (exact) mass is 336 g/mol. The van der Waals surface area contributed by atoms with E-state index >= 15 is 0 Å². The molecule has 6 nitrogen and oxygen atoms in total. The fourth-order valence-corrected chi connectivity index (χ4v) is 5.12. The third-order valence-corrected chi connectivity index (χ3v) is 6.39. The molecule has 0 bridgehead atoms. The first-order valence-electron chi connectivity index (χ1n) is 7.54. The second-order valence-electron chi connectivity index (χ2n) is 5.70. The smallest absolute Gasteiger partial charge is 0.249 e. The van der Waals surface area contributed by atoms with Crippen molar-refractivity contribution in [3.8, 4) is 5.75 Å². The zero-order valence-electron chi connectivity index (χ0n) is 13.4. The van der Waals surface area contributed by atoms with Crippen molar-refractivity contribution in [2.24, 2.45) is 0 Å². The molecule has 1 saturated heterocycles. The fraction of sp³-hybridized carbons (Fsp3) is 0.438. The van der Waals surface area contributed by atoms with E-state index in [2.05, 4.69) is 5.16 Å². The predicted octanol–water partition coefficient (Wildman–Crippen LogP) is 2.83. The van der Waals surface area contributed by atoms with Gasteiger partial charge >= 0.3 is 0 Å². The molecule has 2 heterocycles. The van der Waals surface area contributed by atoms with Gasteiger partial charge in [-0.05, 0) is 44.4 Å². The van der Waals surface area contributed by atoms with Crippen molar-refractivity contribution < 1.29 is 17.7 Å². The Labute approximate surface area is 136 Å². The van der Waals surface area contributed by atoms with Gasteiger partial charge in [0.25, 0.3) is 0 Å². The lowest BCUT2D eigenvalue weighted by Gasteiger charge is -2.24. The number of rotatable bonds is 4. The highest BCUT2D eigenvalue weighted by molar-refractivity contribution is 7.89. The molecule has 1 aromatic carbocycles. The zero-order valence-corrected chi connectivity index (χ0v) is 14.3. The van der Waals surface area contributed by atoms with Gasteiger partial charge in [-0.15, -0.1) is 0 Å². The van der Waals surface area contributed by atoms with Gasteiger partial charge in [0.05, 0.1) is 13.2 Å². The van der Waals surface area contributed by atoms with Gasteiger partial charge in [0.2, 0.25) is 10.0 Å².